The minimum atomic E-state index is 0. The third kappa shape index (κ3) is 8.11. The zero-order valence-electron chi connectivity index (χ0n) is 7.81. The molecule has 0 rings (SSSR count). The van der Waals surface area contributed by atoms with E-state index in [4.69, 9.17) is 5.11 Å². The Balaban J connectivity index is 0. The molecule has 0 aliphatic heterocycles. The van der Waals surface area contributed by atoms with Gasteiger partial charge in [-0.05, 0) is 6.42 Å². The minimum Gasteiger partial charge on any atom is -1.00 e. The molecule has 3 heteroatoms. The summed E-state index contributed by atoms with van der Waals surface area (Å²) in [6.07, 6.45) is 2.14. The van der Waals surface area contributed by atoms with Crippen LogP contribution in [0.2, 0.25) is 0 Å². The molecule has 0 aliphatic carbocycles. The summed E-state index contributed by atoms with van der Waals surface area (Å²) in [7, 11) is 4.42. The van der Waals surface area contributed by atoms with Crippen LogP contribution in [0, 0.1) is 0 Å². The Morgan fingerprint density at radius 1 is 1.18 bits per heavy atom. The highest BCUT2D eigenvalue weighted by Gasteiger charge is 2.11. The maximum atomic E-state index is 8.59. The highest BCUT2D eigenvalue weighted by molar-refractivity contribution is 4.34. The molecule has 0 fully saturated rings. The van der Waals surface area contributed by atoms with Crippen LogP contribution in [0.1, 0.15) is 19.8 Å². The summed E-state index contributed by atoms with van der Waals surface area (Å²) in [5.41, 5.74) is 0. The van der Waals surface area contributed by atoms with Gasteiger partial charge in [0.15, 0.2) is 0 Å². The van der Waals surface area contributed by atoms with Crippen LogP contribution in [0.25, 0.3) is 0 Å². The fraction of sp³-hybridized carbons (Fsp3) is 1.00. The Kier molecular flexibility index (Phi) is 8.63. The minimum absolute atomic E-state index is 0. The summed E-state index contributed by atoms with van der Waals surface area (Å²) in [4.78, 5) is 0. The van der Waals surface area contributed by atoms with Crippen molar-refractivity contribution in [1.82, 2.24) is 0 Å². The number of aliphatic hydroxyl groups is 1. The Bertz CT molecular complexity index is 86.2. The van der Waals surface area contributed by atoms with Crippen molar-refractivity contribution < 1.29 is 22.0 Å². The van der Waals surface area contributed by atoms with E-state index in [1.165, 1.54) is 13.0 Å². The van der Waals surface area contributed by atoms with Crippen LogP contribution in [0.15, 0.2) is 0 Å². The molecule has 2 nitrogen and oxygen atoms in total. The number of hydrogen-bond acceptors (Lipinski definition) is 1. The van der Waals surface area contributed by atoms with Gasteiger partial charge in [0.1, 0.15) is 0 Å². The molecule has 0 aliphatic rings. The zero-order chi connectivity index (χ0) is 8.04. The van der Waals surface area contributed by atoms with Crippen LogP contribution in [0.3, 0.4) is 0 Å². The Labute approximate surface area is 76.2 Å². The van der Waals surface area contributed by atoms with E-state index in [1.807, 2.05) is 0 Å². The number of halogens is 1. The lowest BCUT2D eigenvalue weighted by Gasteiger charge is -2.28. The first-order chi connectivity index (χ1) is 4.62. The van der Waals surface area contributed by atoms with E-state index in [9.17, 15) is 0 Å². The van der Waals surface area contributed by atoms with E-state index in [-0.39, 0.29) is 12.4 Å². The lowest BCUT2D eigenvalue weighted by atomic mass is 10.3. The molecule has 0 aromatic carbocycles. The van der Waals surface area contributed by atoms with Crippen LogP contribution in [0.5, 0.6) is 0 Å². The smallest absolute Gasteiger partial charge is 0.0804 e. The molecule has 70 valence electrons. The van der Waals surface area contributed by atoms with E-state index in [2.05, 4.69) is 21.0 Å². The highest BCUT2D eigenvalue weighted by Crippen LogP contribution is 1.99. The molecule has 0 unspecified atom stereocenters. The molecular formula is C8H20ClNO. The molecule has 0 amide bonds. The maximum absolute atomic E-state index is 8.59. The molecular weight excluding hydrogens is 162 g/mol. The molecule has 0 atom stereocenters. The van der Waals surface area contributed by atoms with Crippen LogP contribution in [0.4, 0.5) is 0 Å². The fourth-order valence-corrected chi connectivity index (χ4v) is 1.22. The third-order valence-corrected chi connectivity index (χ3v) is 1.75. The van der Waals surface area contributed by atoms with E-state index in [0.29, 0.717) is 6.61 Å². The Morgan fingerprint density at radius 2 is 1.73 bits per heavy atom. The number of hydrogen-bond donors (Lipinski definition) is 1. The largest absolute Gasteiger partial charge is 1.00 e. The van der Waals surface area contributed by atoms with E-state index in [1.54, 1.807) is 0 Å². The number of nitrogens with zero attached hydrogens (tertiary/aromatic N) is 1. The second kappa shape index (κ2) is 6.89. The van der Waals surface area contributed by atoms with Crippen molar-refractivity contribution in [2.24, 2.45) is 0 Å². The summed E-state index contributed by atoms with van der Waals surface area (Å²) >= 11 is 0. The van der Waals surface area contributed by atoms with Gasteiger partial charge in [-0.25, -0.2) is 0 Å². The number of rotatable bonds is 5. The van der Waals surface area contributed by atoms with Crippen molar-refractivity contribution in [2.45, 2.75) is 19.8 Å². The molecule has 0 saturated heterocycles. The quantitative estimate of drug-likeness (QED) is 0.480. The van der Waals surface area contributed by atoms with Gasteiger partial charge >= 0.3 is 0 Å². The van der Waals surface area contributed by atoms with Gasteiger partial charge in [-0.2, -0.15) is 0 Å². The molecule has 0 saturated carbocycles. The van der Waals surface area contributed by atoms with Crippen LogP contribution >= 0.6 is 0 Å². The van der Waals surface area contributed by atoms with Crippen LogP contribution in [-0.4, -0.2) is 43.4 Å². The predicted molar refractivity (Wildman–Crippen MR) is 43.8 cm³/mol. The molecule has 0 aromatic heterocycles. The molecule has 11 heavy (non-hydrogen) atoms. The first-order valence-corrected chi connectivity index (χ1v) is 4.05. The molecule has 0 heterocycles. The summed E-state index contributed by atoms with van der Waals surface area (Å²) in [5.74, 6) is 0. The lowest BCUT2D eigenvalue weighted by molar-refractivity contribution is -0.890. The first-order valence-electron chi connectivity index (χ1n) is 4.05. The van der Waals surface area contributed by atoms with Gasteiger partial charge < -0.3 is 22.0 Å². The van der Waals surface area contributed by atoms with Crippen LogP contribution < -0.4 is 12.4 Å². The fourth-order valence-electron chi connectivity index (χ4n) is 1.22. The summed E-state index contributed by atoms with van der Waals surface area (Å²) in [5, 5.41) is 8.59. The van der Waals surface area contributed by atoms with E-state index >= 15 is 0 Å². The zero-order valence-corrected chi connectivity index (χ0v) is 8.56. The Hall–Kier alpha value is 0.210. The highest BCUT2D eigenvalue weighted by atomic mass is 35.5. The molecule has 0 aromatic rings. The van der Waals surface area contributed by atoms with E-state index < -0.39 is 0 Å². The van der Waals surface area contributed by atoms with Crippen molar-refractivity contribution in [1.29, 1.82) is 0 Å². The van der Waals surface area contributed by atoms with Crippen molar-refractivity contribution >= 4 is 0 Å². The van der Waals surface area contributed by atoms with Gasteiger partial charge in [0.2, 0.25) is 0 Å². The van der Waals surface area contributed by atoms with Crippen molar-refractivity contribution in [3.63, 3.8) is 0 Å². The van der Waals surface area contributed by atoms with Gasteiger partial charge in [-0.3, -0.25) is 0 Å². The SMILES string of the molecule is CCC[N+](C)(C)CCCO.[Cl-]. The number of quaternary nitrogens is 1. The van der Waals surface area contributed by atoms with Crippen molar-refractivity contribution in [3.8, 4) is 0 Å². The van der Waals surface area contributed by atoms with Gasteiger partial charge in [0, 0.05) is 13.0 Å². The molecule has 0 spiro atoms. The topological polar surface area (TPSA) is 20.2 Å². The van der Waals surface area contributed by atoms with Gasteiger partial charge in [0.25, 0.3) is 0 Å². The average Bonchev–Trinajstić information content (AvgIpc) is 1.84. The predicted octanol–water partition coefficient (Wildman–Crippen LogP) is -2.14. The monoisotopic (exact) mass is 181 g/mol. The maximum Gasteiger partial charge on any atom is 0.0804 e. The van der Waals surface area contributed by atoms with E-state index in [0.717, 1.165) is 17.4 Å². The second-order valence-electron chi connectivity index (χ2n) is 3.46. The third-order valence-electron chi connectivity index (χ3n) is 1.75. The summed E-state index contributed by atoms with van der Waals surface area (Å²) < 4.78 is 1.04. The second-order valence-corrected chi connectivity index (χ2v) is 3.46. The normalized spacial score (nSPS) is 10.9. The molecule has 1 N–H and O–H groups in total. The van der Waals surface area contributed by atoms with Gasteiger partial charge in [0.05, 0.1) is 27.2 Å². The standard InChI is InChI=1S/C8H20NO.ClH/c1-4-6-9(2,3)7-5-8-10;/h10H,4-8H2,1-3H3;1H/q+1;/p-1. The van der Waals surface area contributed by atoms with Gasteiger partial charge in [-0.1, -0.05) is 6.92 Å². The van der Waals surface area contributed by atoms with Crippen LogP contribution in [-0.2, 0) is 0 Å². The van der Waals surface area contributed by atoms with Gasteiger partial charge in [-0.15, -0.1) is 0 Å². The van der Waals surface area contributed by atoms with Crippen molar-refractivity contribution in [3.05, 3.63) is 0 Å². The molecule has 0 bridgehead atoms. The first kappa shape index (κ1) is 13.8. The Morgan fingerprint density at radius 3 is 2.09 bits per heavy atom. The number of aliphatic hydroxyl groups excluding tert-OH is 1. The molecule has 0 radical (unpaired) electrons. The lowest BCUT2D eigenvalue weighted by Crippen LogP contribution is -3.00. The summed E-state index contributed by atoms with van der Waals surface area (Å²) in [6.45, 7) is 4.81. The summed E-state index contributed by atoms with van der Waals surface area (Å²) in [6, 6.07) is 0. The average molecular weight is 182 g/mol. The van der Waals surface area contributed by atoms with Crippen molar-refractivity contribution in [2.75, 3.05) is 33.8 Å².